The van der Waals surface area contributed by atoms with Gasteiger partial charge in [0, 0.05) is 0 Å². The van der Waals surface area contributed by atoms with Gasteiger partial charge in [0.05, 0.1) is 6.10 Å². The molecule has 2 fully saturated rings. The Morgan fingerprint density at radius 1 is 1.06 bits per heavy atom. The van der Waals surface area contributed by atoms with Crippen LogP contribution in [-0.2, 0) is 6.42 Å². The molecule has 3 unspecified atom stereocenters. The fourth-order valence-electron chi connectivity index (χ4n) is 4.18. The van der Waals surface area contributed by atoms with Crippen LogP contribution in [0.25, 0.3) is 0 Å². The summed E-state index contributed by atoms with van der Waals surface area (Å²) in [6.07, 6.45) is 6.22. The van der Waals surface area contributed by atoms with Crippen molar-refractivity contribution in [2.45, 2.75) is 52.1 Å². The van der Waals surface area contributed by atoms with Crippen LogP contribution < -0.4 is 0 Å². The normalized spacial score (nSPS) is 31.8. The van der Waals surface area contributed by atoms with Crippen LogP contribution >= 0.6 is 0 Å². The van der Waals surface area contributed by atoms with E-state index < -0.39 is 0 Å². The first kappa shape index (κ1) is 12.2. The topological polar surface area (TPSA) is 20.2 Å². The molecule has 0 saturated heterocycles. The maximum absolute atomic E-state index is 10.5. The molecule has 0 aliphatic heterocycles. The van der Waals surface area contributed by atoms with Crippen molar-refractivity contribution in [1.29, 1.82) is 0 Å². The molecule has 1 aromatic rings. The third-order valence-electron chi connectivity index (χ3n) is 4.89. The molecule has 2 saturated carbocycles. The van der Waals surface area contributed by atoms with Crippen molar-refractivity contribution in [3.63, 3.8) is 0 Å². The summed E-state index contributed by atoms with van der Waals surface area (Å²) in [6.45, 7) is 4.28. The van der Waals surface area contributed by atoms with Gasteiger partial charge in [0.25, 0.3) is 0 Å². The van der Waals surface area contributed by atoms with Gasteiger partial charge in [-0.15, -0.1) is 0 Å². The van der Waals surface area contributed by atoms with Crippen molar-refractivity contribution in [3.05, 3.63) is 34.9 Å². The molecule has 0 amide bonds. The largest absolute Gasteiger partial charge is 0.392 e. The summed E-state index contributed by atoms with van der Waals surface area (Å²) in [7, 11) is 0. The van der Waals surface area contributed by atoms with Crippen LogP contribution in [0.5, 0.6) is 0 Å². The molecule has 0 heterocycles. The molecule has 3 atom stereocenters. The van der Waals surface area contributed by atoms with Gasteiger partial charge in [0.1, 0.15) is 0 Å². The van der Waals surface area contributed by atoms with Gasteiger partial charge < -0.3 is 5.11 Å². The van der Waals surface area contributed by atoms with Gasteiger partial charge in [-0.2, -0.15) is 0 Å². The van der Waals surface area contributed by atoms with Crippen molar-refractivity contribution in [3.8, 4) is 0 Å². The van der Waals surface area contributed by atoms with Gasteiger partial charge in [-0.25, -0.2) is 0 Å². The third kappa shape index (κ3) is 2.33. The van der Waals surface area contributed by atoms with Crippen molar-refractivity contribution in [1.82, 2.24) is 0 Å². The number of hydrogen-bond donors (Lipinski definition) is 1. The van der Waals surface area contributed by atoms with Gasteiger partial charge in [0.15, 0.2) is 0 Å². The minimum absolute atomic E-state index is 0.112. The maximum Gasteiger partial charge on any atom is 0.0614 e. The summed E-state index contributed by atoms with van der Waals surface area (Å²) in [4.78, 5) is 0. The third-order valence-corrected chi connectivity index (χ3v) is 4.89. The summed E-state index contributed by atoms with van der Waals surface area (Å²) in [5.74, 6) is 2.30. The van der Waals surface area contributed by atoms with Crippen LogP contribution in [0.4, 0.5) is 0 Å². The monoisotopic (exact) mass is 244 g/mol. The zero-order valence-corrected chi connectivity index (χ0v) is 11.5. The predicted octanol–water partition coefficient (Wildman–Crippen LogP) is 3.64. The van der Waals surface area contributed by atoms with Crippen LogP contribution in [0.3, 0.4) is 0 Å². The molecule has 2 aliphatic rings. The zero-order chi connectivity index (χ0) is 12.7. The Kier molecular flexibility index (Phi) is 3.19. The number of benzene rings is 1. The Labute approximate surface area is 110 Å². The average Bonchev–Trinajstić information content (AvgIpc) is 3.01. The van der Waals surface area contributed by atoms with Crippen LogP contribution in [0.1, 0.15) is 42.4 Å². The fraction of sp³-hybridized carbons (Fsp3) is 0.647. The first-order valence-electron chi connectivity index (χ1n) is 7.40. The van der Waals surface area contributed by atoms with Gasteiger partial charge in [-0.3, -0.25) is 0 Å². The van der Waals surface area contributed by atoms with E-state index in [4.69, 9.17) is 0 Å². The van der Waals surface area contributed by atoms with E-state index in [-0.39, 0.29) is 6.10 Å². The highest BCUT2D eigenvalue weighted by molar-refractivity contribution is 5.29. The Morgan fingerprint density at radius 2 is 1.61 bits per heavy atom. The molecule has 1 nitrogen and oxygen atoms in total. The van der Waals surface area contributed by atoms with E-state index >= 15 is 0 Å². The van der Waals surface area contributed by atoms with Crippen molar-refractivity contribution >= 4 is 0 Å². The summed E-state index contributed by atoms with van der Waals surface area (Å²) in [6, 6.07) is 6.65. The lowest BCUT2D eigenvalue weighted by molar-refractivity contribution is 0.140. The van der Waals surface area contributed by atoms with E-state index in [0.29, 0.717) is 5.92 Å². The number of aryl methyl sites for hydroxylation is 2. The van der Waals surface area contributed by atoms with Gasteiger partial charge in [0.2, 0.25) is 0 Å². The van der Waals surface area contributed by atoms with E-state index in [9.17, 15) is 5.11 Å². The van der Waals surface area contributed by atoms with Gasteiger partial charge in [-0.05, 0) is 56.4 Å². The molecule has 0 spiro atoms. The molecule has 18 heavy (non-hydrogen) atoms. The van der Waals surface area contributed by atoms with Crippen molar-refractivity contribution in [2.24, 2.45) is 17.8 Å². The first-order chi connectivity index (χ1) is 8.65. The highest BCUT2D eigenvalue weighted by Crippen LogP contribution is 2.57. The highest BCUT2D eigenvalue weighted by Gasteiger charge is 2.53. The van der Waals surface area contributed by atoms with E-state index in [2.05, 4.69) is 32.0 Å². The molecule has 3 rings (SSSR count). The van der Waals surface area contributed by atoms with Crippen LogP contribution in [-0.4, -0.2) is 11.2 Å². The SMILES string of the molecule is Cc1cc(C)cc(CC(O)C2C3CCCCC32)c1. The molecular formula is C17H24O. The van der Waals surface area contributed by atoms with Gasteiger partial charge in [-0.1, -0.05) is 42.2 Å². The smallest absolute Gasteiger partial charge is 0.0614 e. The predicted molar refractivity (Wildman–Crippen MR) is 74.6 cm³/mol. The number of rotatable bonds is 3. The standard InChI is InChI=1S/C17H24O/c1-11-7-12(2)9-13(8-11)10-16(18)17-14-5-3-4-6-15(14)17/h7-9,14-18H,3-6,10H2,1-2H3. The number of hydrogen-bond acceptors (Lipinski definition) is 1. The lowest BCUT2D eigenvalue weighted by Gasteiger charge is -2.12. The molecule has 0 bridgehead atoms. The lowest BCUT2D eigenvalue weighted by atomic mass is 9.99. The number of fused-ring (bicyclic) bond motifs is 1. The van der Waals surface area contributed by atoms with Crippen molar-refractivity contribution < 1.29 is 5.11 Å². The minimum atomic E-state index is -0.112. The van der Waals surface area contributed by atoms with E-state index in [1.807, 2.05) is 0 Å². The Bertz CT molecular complexity index is 405. The van der Waals surface area contributed by atoms with E-state index in [1.54, 1.807) is 0 Å². The lowest BCUT2D eigenvalue weighted by Crippen LogP contribution is -2.15. The quantitative estimate of drug-likeness (QED) is 0.860. The summed E-state index contributed by atoms with van der Waals surface area (Å²) in [5.41, 5.74) is 3.93. The molecule has 1 aromatic carbocycles. The molecule has 1 N–H and O–H groups in total. The average molecular weight is 244 g/mol. The minimum Gasteiger partial charge on any atom is -0.392 e. The molecular weight excluding hydrogens is 220 g/mol. The first-order valence-corrected chi connectivity index (χ1v) is 7.40. The fourth-order valence-corrected chi connectivity index (χ4v) is 4.18. The van der Waals surface area contributed by atoms with E-state index in [0.717, 1.165) is 18.3 Å². The van der Waals surface area contributed by atoms with Crippen LogP contribution in [0.15, 0.2) is 18.2 Å². The van der Waals surface area contributed by atoms with Crippen molar-refractivity contribution in [2.75, 3.05) is 0 Å². The zero-order valence-electron chi connectivity index (χ0n) is 11.5. The Balaban J connectivity index is 1.65. The Morgan fingerprint density at radius 3 is 2.17 bits per heavy atom. The van der Waals surface area contributed by atoms with Crippen LogP contribution in [0.2, 0.25) is 0 Å². The molecule has 1 heteroatoms. The second kappa shape index (κ2) is 4.70. The molecule has 2 aliphatic carbocycles. The second-order valence-corrected chi connectivity index (χ2v) is 6.46. The molecule has 0 radical (unpaired) electrons. The highest BCUT2D eigenvalue weighted by atomic mass is 16.3. The number of aliphatic hydroxyl groups is 1. The summed E-state index contributed by atoms with van der Waals surface area (Å²) in [5, 5.41) is 10.5. The molecule has 0 aromatic heterocycles. The summed E-state index contributed by atoms with van der Waals surface area (Å²) < 4.78 is 0. The van der Waals surface area contributed by atoms with Crippen LogP contribution in [0, 0.1) is 31.6 Å². The van der Waals surface area contributed by atoms with Gasteiger partial charge >= 0.3 is 0 Å². The summed E-state index contributed by atoms with van der Waals surface area (Å²) >= 11 is 0. The second-order valence-electron chi connectivity index (χ2n) is 6.46. The Hall–Kier alpha value is -0.820. The number of aliphatic hydroxyl groups excluding tert-OH is 1. The van der Waals surface area contributed by atoms with E-state index in [1.165, 1.54) is 42.4 Å². The molecule has 98 valence electrons. The maximum atomic E-state index is 10.5.